The molecule has 0 bridgehead atoms. The second-order valence-corrected chi connectivity index (χ2v) is 10.9. The molecule has 40 heavy (non-hydrogen) atoms. The molecule has 3 N–H and O–H groups in total. The lowest BCUT2D eigenvalue weighted by molar-refractivity contribution is -0.689. The largest absolute Gasteiger partial charge is 0.543 e. The van der Waals surface area contributed by atoms with E-state index in [1.165, 1.54) is 24.0 Å². The van der Waals surface area contributed by atoms with Crippen LogP contribution >= 0.6 is 11.8 Å². The topological polar surface area (TPSA) is 193 Å². The molecule has 2 aromatic heterocycles. The first kappa shape index (κ1) is 28.5. The number of aliphatic carboxylic acids is 1. The molecule has 15 heteroatoms. The molecule has 0 aliphatic carbocycles. The van der Waals surface area contributed by atoms with E-state index in [-0.39, 0.29) is 23.9 Å². The number of nitrogens with zero attached hydrogens (tertiary/aromatic N) is 5. The van der Waals surface area contributed by atoms with Crippen LogP contribution in [0.25, 0.3) is 0 Å². The Kier molecular flexibility index (Phi) is 8.32. The van der Waals surface area contributed by atoms with Crippen molar-refractivity contribution in [2.75, 3.05) is 18.1 Å². The van der Waals surface area contributed by atoms with Gasteiger partial charge in [0.15, 0.2) is 24.8 Å². The van der Waals surface area contributed by atoms with E-state index in [4.69, 9.17) is 15.3 Å². The van der Waals surface area contributed by atoms with Crippen LogP contribution in [0.5, 0.6) is 0 Å². The summed E-state index contributed by atoms with van der Waals surface area (Å²) >= 11 is 1.30. The molecule has 2 aliphatic heterocycles. The van der Waals surface area contributed by atoms with Crippen molar-refractivity contribution in [2.45, 2.75) is 44.3 Å². The van der Waals surface area contributed by atoms with Crippen molar-refractivity contribution in [3.05, 3.63) is 60.0 Å². The molecule has 14 nitrogen and oxygen atoms in total. The van der Waals surface area contributed by atoms with Crippen LogP contribution in [0.4, 0.5) is 5.82 Å². The predicted molar refractivity (Wildman–Crippen MR) is 138 cm³/mol. The number of carbonyl (C=O) groups is 4. The van der Waals surface area contributed by atoms with Gasteiger partial charge in [-0.05, 0) is 26.8 Å². The average Bonchev–Trinajstić information content (AvgIpc) is 2.88. The number of oxime groups is 1. The highest BCUT2D eigenvalue weighted by Crippen LogP contribution is 2.40. The summed E-state index contributed by atoms with van der Waals surface area (Å²) < 4.78 is 6.93. The molecule has 0 radical (unpaired) electrons. The fraction of sp³-hybridized carbons (Fsp3) is 0.360. The summed E-state index contributed by atoms with van der Waals surface area (Å²) in [6.07, 6.45) is 4.86. The number of carbonyl (C=O) groups excluding carboxylic acids is 4. The Morgan fingerprint density at radius 2 is 2.00 bits per heavy atom. The summed E-state index contributed by atoms with van der Waals surface area (Å²) in [4.78, 5) is 64.4. The van der Waals surface area contributed by atoms with Gasteiger partial charge in [0.25, 0.3) is 11.8 Å². The van der Waals surface area contributed by atoms with Crippen molar-refractivity contribution in [1.29, 1.82) is 0 Å². The van der Waals surface area contributed by atoms with Crippen LogP contribution < -0.4 is 20.7 Å². The number of ether oxygens (including phenoxy) is 1. The Hall–Kier alpha value is -4.53. The zero-order valence-electron chi connectivity index (χ0n) is 21.9. The number of amides is 2. The van der Waals surface area contributed by atoms with Gasteiger partial charge < -0.3 is 30.5 Å². The number of carboxylic acids is 1. The van der Waals surface area contributed by atoms with Gasteiger partial charge in [-0.3, -0.25) is 14.5 Å². The molecule has 0 aromatic carbocycles. The Morgan fingerprint density at radius 3 is 2.65 bits per heavy atom. The molecule has 1 saturated heterocycles. The summed E-state index contributed by atoms with van der Waals surface area (Å²) in [5.74, 6) is -3.61. The summed E-state index contributed by atoms with van der Waals surface area (Å²) in [6, 6.07) is 5.76. The molecule has 4 heterocycles. The Labute approximate surface area is 233 Å². The predicted octanol–water partition coefficient (Wildman–Crippen LogP) is -1.49. The van der Waals surface area contributed by atoms with Gasteiger partial charge in [0.1, 0.15) is 22.8 Å². The third-order valence-electron chi connectivity index (χ3n) is 5.54. The van der Waals surface area contributed by atoms with E-state index in [1.54, 1.807) is 49.9 Å². The van der Waals surface area contributed by atoms with Gasteiger partial charge in [-0.1, -0.05) is 11.2 Å². The SMILES string of the molecule is CC(C)(C)OC(=O)CON=C(C(=O)NC1C(=O)N2C(C(=O)[O-])=C(C[n+]3ccccc3)CS[C@@H]12)c1nccc(N)n1. The summed E-state index contributed by atoms with van der Waals surface area (Å²) in [5.41, 5.74) is 4.80. The Bertz CT molecular complexity index is 1390. The van der Waals surface area contributed by atoms with Crippen LogP contribution in [0.2, 0.25) is 0 Å². The number of hydrogen-bond acceptors (Lipinski definition) is 12. The van der Waals surface area contributed by atoms with E-state index in [0.29, 0.717) is 11.3 Å². The molecule has 1 unspecified atom stereocenters. The molecule has 2 amide bonds. The van der Waals surface area contributed by atoms with Gasteiger partial charge in [-0.25, -0.2) is 19.3 Å². The van der Waals surface area contributed by atoms with Gasteiger partial charge in [0.05, 0.1) is 11.7 Å². The first-order valence-electron chi connectivity index (χ1n) is 12.1. The van der Waals surface area contributed by atoms with Crippen molar-refractivity contribution in [2.24, 2.45) is 5.16 Å². The van der Waals surface area contributed by atoms with Crippen LogP contribution in [0.1, 0.15) is 26.6 Å². The summed E-state index contributed by atoms with van der Waals surface area (Å²) in [7, 11) is 0. The highest BCUT2D eigenvalue weighted by atomic mass is 32.2. The second-order valence-electron chi connectivity index (χ2n) is 9.75. The molecule has 2 aromatic rings. The number of hydrogen-bond donors (Lipinski definition) is 2. The molecular weight excluding hydrogens is 542 g/mol. The fourth-order valence-corrected chi connectivity index (χ4v) is 5.29. The van der Waals surface area contributed by atoms with Gasteiger partial charge in [0, 0.05) is 29.7 Å². The standard InChI is InChI=1S/C25H27N7O7S/c1-25(2,3)39-16(33)12-38-30-17(20-27-8-7-15(26)28-20)21(34)29-18-22(35)32-19(24(36)37)14(13-40-23(18)32)11-31-9-5-4-6-10-31/h4-10,18,23H,11-13H2,1-3H3,(H3-,26,27,28,29,34,36,37)/t18?,23-/m0/s1. The minimum atomic E-state index is -1.49. The lowest BCUT2D eigenvalue weighted by Crippen LogP contribution is -2.71. The lowest BCUT2D eigenvalue weighted by Gasteiger charge is -2.50. The van der Waals surface area contributed by atoms with E-state index < -0.39 is 53.1 Å². The highest BCUT2D eigenvalue weighted by molar-refractivity contribution is 8.00. The van der Waals surface area contributed by atoms with Crippen LogP contribution in [0, 0.1) is 0 Å². The first-order chi connectivity index (χ1) is 18.9. The van der Waals surface area contributed by atoms with E-state index in [9.17, 15) is 24.3 Å². The maximum absolute atomic E-state index is 13.2. The molecule has 1 fully saturated rings. The van der Waals surface area contributed by atoms with Crippen LogP contribution in [0.15, 0.2) is 59.3 Å². The monoisotopic (exact) mass is 569 g/mol. The number of esters is 1. The molecule has 0 saturated carbocycles. The number of carboxylic acid groups (broad SMARTS) is 1. The highest BCUT2D eigenvalue weighted by Gasteiger charge is 2.53. The lowest BCUT2D eigenvalue weighted by atomic mass is 10.0. The van der Waals surface area contributed by atoms with E-state index in [0.717, 1.165) is 4.90 Å². The number of aromatic nitrogens is 3. The number of nitrogen functional groups attached to an aromatic ring is 1. The quantitative estimate of drug-likeness (QED) is 0.118. The second kappa shape index (κ2) is 11.7. The average molecular weight is 570 g/mol. The number of β-lactam (4-membered cyclic amide) rings is 1. The summed E-state index contributed by atoms with van der Waals surface area (Å²) in [5, 5.41) is 17.6. The fourth-order valence-electron chi connectivity index (χ4n) is 3.95. The van der Waals surface area contributed by atoms with Gasteiger partial charge in [-0.2, -0.15) is 0 Å². The number of fused-ring (bicyclic) bond motifs is 1. The Morgan fingerprint density at radius 1 is 1.27 bits per heavy atom. The first-order valence-corrected chi connectivity index (χ1v) is 13.1. The van der Waals surface area contributed by atoms with E-state index >= 15 is 0 Å². The van der Waals surface area contributed by atoms with Gasteiger partial charge in [0.2, 0.25) is 12.3 Å². The van der Waals surface area contributed by atoms with Gasteiger partial charge in [-0.15, -0.1) is 11.8 Å². The third kappa shape index (κ3) is 6.54. The van der Waals surface area contributed by atoms with Crippen LogP contribution in [-0.2, 0) is 35.3 Å². The smallest absolute Gasteiger partial charge is 0.347 e. The number of rotatable bonds is 9. The summed E-state index contributed by atoms with van der Waals surface area (Å²) in [6.45, 7) is 4.69. The zero-order valence-corrected chi connectivity index (χ0v) is 22.7. The minimum absolute atomic E-state index is 0.0407. The third-order valence-corrected chi connectivity index (χ3v) is 6.88. The minimum Gasteiger partial charge on any atom is -0.543 e. The van der Waals surface area contributed by atoms with E-state index in [1.807, 2.05) is 6.07 Å². The zero-order chi connectivity index (χ0) is 29.0. The molecule has 2 aliphatic rings. The molecule has 2 atom stereocenters. The van der Waals surface area contributed by atoms with Crippen LogP contribution in [-0.4, -0.2) is 73.7 Å². The number of anilines is 1. The number of pyridine rings is 1. The van der Waals surface area contributed by atoms with Crippen LogP contribution in [0.3, 0.4) is 0 Å². The van der Waals surface area contributed by atoms with Crippen molar-refractivity contribution in [1.82, 2.24) is 20.2 Å². The maximum atomic E-state index is 13.2. The molecular formula is C25H27N7O7S. The van der Waals surface area contributed by atoms with Crippen molar-refractivity contribution < 1.29 is 38.4 Å². The Balaban J connectivity index is 1.51. The van der Waals surface area contributed by atoms with Crippen molar-refractivity contribution >= 4 is 47.0 Å². The van der Waals surface area contributed by atoms with Gasteiger partial charge >= 0.3 is 5.97 Å². The van der Waals surface area contributed by atoms with Crippen molar-refractivity contribution in [3.63, 3.8) is 0 Å². The number of nitrogens with one attached hydrogen (secondary N) is 1. The number of thioether (sulfide) groups is 1. The molecule has 0 spiro atoms. The number of nitrogens with two attached hydrogens (primary N) is 1. The normalized spacial score (nSPS) is 18.9. The maximum Gasteiger partial charge on any atom is 0.347 e. The van der Waals surface area contributed by atoms with E-state index in [2.05, 4.69) is 20.4 Å². The molecule has 210 valence electrons. The van der Waals surface area contributed by atoms with Crippen molar-refractivity contribution in [3.8, 4) is 0 Å². The molecule has 4 rings (SSSR count).